The van der Waals surface area contributed by atoms with Crippen molar-refractivity contribution in [2.75, 3.05) is 20.1 Å². The van der Waals surface area contributed by atoms with Crippen LogP contribution in [0.5, 0.6) is 0 Å². The molecule has 1 aliphatic rings. The van der Waals surface area contributed by atoms with Gasteiger partial charge in [0.1, 0.15) is 0 Å². The van der Waals surface area contributed by atoms with E-state index in [1.807, 2.05) is 13.8 Å². The van der Waals surface area contributed by atoms with Gasteiger partial charge < -0.3 is 10.2 Å². The maximum Gasteiger partial charge on any atom is 0.236 e. The Morgan fingerprint density at radius 3 is 2.69 bits per heavy atom. The highest BCUT2D eigenvalue weighted by Gasteiger charge is 2.42. The van der Waals surface area contributed by atoms with Crippen molar-refractivity contribution in [3.05, 3.63) is 0 Å². The standard InChI is InChI=1S/C11H19BrN2O2/c1-4-8(12)9(15)14-6-5-11(2,7-14)10(16)13-3/h8H,4-7H2,1-3H3,(H,13,16). The van der Waals surface area contributed by atoms with E-state index in [0.29, 0.717) is 13.1 Å². The molecule has 5 heteroatoms. The largest absolute Gasteiger partial charge is 0.359 e. The molecule has 0 aliphatic carbocycles. The molecule has 0 saturated carbocycles. The van der Waals surface area contributed by atoms with Crippen LogP contribution in [0.3, 0.4) is 0 Å². The molecule has 2 atom stereocenters. The zero-order chi connectivity index (χ0) is 12.3. The Morgan fingerprint density at radius 1 is 1.56 bits per heavy atom. The van der Waals surface area contributed by atoms with Crippen LogP contribution in [0.4, 0.5) is 0 Å². The molecule has 2 amide bonds. The van der Waals surface area contributed by atoms with Gasteiger partial charge in [-0.3, -0.25) is 9.59 Å². The average molecular weight is 291 g/mol. The minimum absolute atomic E-state index is 0.0189. The second-order valence-electron chi connectivity index (χ2n) is 4.53. The van der Waals surface area contributed by atoms with Gasteiger partial charge in [0.2, 0.25) is 11.8 Å². The number of alkyl halides is 1. The van der Waals surface area contributed by atoms with E-state index in [1.54, 1.807) is 11.9 Å². The molecular weight excluding hydrogens is 272 g/mol. The first-order chi connectivity index (χ1) is 7.44. The molecule has 1 fully saturated rings. The Balaban J connectivity index is 2.65. The summed E-state index contributed by atoms with van der Waals surface area (Å²) in [5, 5.41) is 2.66. The van der Waals surface area contributed by atoms with E-state index in [-0.39, 0.29) is 16.6 Å². The van der Waals surface area contributed by atoms with Gasteiger partial charge >= 0.3 is 0 Å². The average Bonchev–Trinajstić information content (AvgIpc) is 2.70. The fourth-order valence-electron chi connectivity index (χ4n) is 2.01. The number of rotatable bonds is 3. The SMILES string of the molecule is CCC(Br)C(=O)N1CCC(C)(C(=O)NC)C1. The predicted molar refractivity (Wildman–Crippen MR) is 66.4 cm³/mol. The van der Waals surface area contributed by atoms with E-state index in [0.717, 1.165) is 12.8 Å². The molecule has 1 heterocycles. The summed E-state index contributed by atoms with van der Waals surface area (Å²) < 4.78 is 0. The first-order valence-electron chi connectivity index (χ1n) is 5.59. The summed E-state index contributed by atoms with van der Waals surface area (Å²) >= 11 is 3.35. The number of carbonyl (C=O) groups is 2. The topological polar surface area (TPSA) is 49.4 Å². The molecule has 92 valence electrons. The summed E-state index contributed by atoms with van der Waals surface area (Å²) in [6, 6.07) is 0. The third-order valence-corrected chi connectivity index (χ3v) is 4.23. The van der Waals surface area contributed by atoms with Gasteiger partial charge in [-0.25, -0.2) is 0 Å². The zero-order valence-electron chi connectivity index (χ0n) is 10.0. The summed E-state index contributed by atoms with van der Waals surface area (Å²) in [5.41, 5.74) is -0.426. The lowest BCUT2D eigenvalue weighted by molar-refractivity contribution is -0.132. The van der Waals surface area contributed by atoms with Crippen molar-refractivity contribution in [1.82, 2.24) is 10.2 Å². The molecule has 0 aromatic carbocycles. The number of carbonyl (C=O) groups excluding carboxylic acids is 2. The van der Waals surface area contributed by atoms with Crippen LogP contribution in [0.25, 0.3) is 0 Å². The normalized spacial score (nSPS) is 26.6. The van der Waals surface area contributed by atoms with Gasteiger partial charge in [-0.05, 0) is 19.8 Å². The van der Waals surface area contributed by atoms with E-state index in [9.17, 15) is 9.59 Å². The van der Waals surface area contributed by atoms with Crippen molar-refractivity contribution in [2.24, 2.45) is 5.41 Å². The van der Waals surface area contributed by atoms with Crippen LogP contribution in [0.15, 0.2) is 0 Å². The zero-order valence-corrected chi connectivity index (χ0v) is 11.6. The van der Waals surface area contributed by atoms with Crippen molar-refractivity contribution < 1.29 is 9.59 Å². The van der Waals surface area contributed by atoms with Crippen molar-refractivity contribution in [3.8, 4) is 0 Å². The molecule has 1 aliphatic heterocycles. The van der Waals surface area contributed by atoms with Gasteiger partial charge in [0.05, 0.1) is 10.2 Å². The van der Waals surface area contributed by atoms with Gasteiger partial charge in [-0.15, -0.1) is 0 Å². The Hall–Kier alpha value is -0.580. The van der Waals surface area contributed by atoms with Crippen LogP contribution >= 0.6 is 15.9 Å². The van der Waals surface area contributed by atoms with E-state index in [2.05, 4.69) is 21.2 Å². The highest BCUT2D eigenvalue weighted by molar-refractivity contribution is 9.10. The molecule has 0 aromatic rings. The Bertz CT molecular complexity index is 296. The summed E-state index contributed by atoms with van der Waals surface area (Å²) in [6.07, 6.45) is 1.51. The fourth-order valence-corrected chi connectivity index (χ4v) is 2.30. The van der Waals surface area contributed by atoms with Crippen molar-refractivity contribution >= 4 is 27.7 Å². The summed E-state index contributed by atoms with van der Waals surface area (Å²) in [5.74, 6) is 0.112. The lowest BCUT2D eigenvalue weighted by Crippen LogP contribution is -2.41. The first-order valence-corrected chi connectivity index (χ1v) is 6.51. The number of amides is 2. The van der Waals surface area contributed by atoms with Crippen molar-refractivity contribution in [1.29, 1.82) is 0 Å². The molecule has 4 nitrogen and oxygen atoms in total. The van der Waals surface area contributed by atoms with Gasteiger partial charge in [0.25, 0.3) is 0 Å². The number of likely N-dealkylation sites (tertiary alicyclic amines) is 1. The van der Waals surface area contributed by atoms with E-state index in [1.165, 1.54) is 0 Å². The van der Waals surface area contributed by atoms with Crippen LogP contribution < -0.4 is 5.32 Å². The minimum atomic E-state index is -0.426. The van der Waals surface area contributed by atoms with E-state index in [4.69, 9.17) is 0 Å². The van der Waals surface area contributed by atoms with Crippen molar-refractivity contribution in [3.63, 3.8) is 0 Å². The number of nitrogens with zero attached hydrogens (tertiary/aromatic N) is 1. The number of hydrogen-bond donors (Lipinski definition) is 1. The van der Waals surface area contributed by atoms with Gasteiger partial charge in [0, 0.05) is 20.1 Å². The summed E-state index contributed by atoms with van der Waals surface area (Å²) in [7, 11) is 1.64. The third-order valence-electron chi connectivity index (χ3n) is 3.19. The Labute approximate surface area is 105 Å². The van der Waals surface area contributed by atoms with Crippen molar-refractivity contribution in [2.45, 2.75) is 31.5 Å². The van der Waals surface area contributed by atoms with Crippen LogP contribution in [0, 0.1) is 5.41 Å². The fraction of sp³-hybridized carbons (Fsp3) is 0.818. The predicted octanol–water partition coefficient (Wildman–Crippen LogP) is 1.14. The molecule has 0 radical (unpaired) electrons. The highest BCUT2D eigenvalue weighted by Crippen LogP contribution is 2.31. The lowest BCUT2D eigenvalue weighted by atomic mass is 9.89. The number of nitrogens with one attached hydrogen (secondary N) is 1. The van der Waals surface area contributed by atoms with E-state index < -0.39 is 5.41 Å². The van der Waals surface area contributed by atoms with Gasteiger partial charge in [-0.2, -0.15) is 0 Å². The highest BCUT2D eigenvalue weighted by atomic mass is 79.9. The molecule has 0 bridgehead atoms. The quantitative estimate of drug-likeness (QED) is 0.793. The number of hydrogen-bond acceptors (Lipinski definition) is 2. The van der Waals surface area contributed by atoms with Crippen LogP contribution in [0.1, 0.15) is 26.7 Å². The maximum atomic E-state index is 11.9. The summed E-state index contributed by atoms with van der Waals surface area (Å²) in [4.78, 5) is 25.3. The van der Waals surface area contributed by atoms with Gasteiger partial charge in [0.15, 0.2) is 0 Å². The van der Waals surface area contributed by atoms with Gasteiger partial charge in [-0.1, -0.05) is 22.9 Å². The first kappa shape index (κ1) is 13.5. The lowest BCUT2D eigenvalue weighted by Gasteiger charge is -2.23. The van der Waals surface area contributed by atoms with Crippen LogP contribution in [-0.4, -0.2) is 41.7 Å². The van der Waals surface area contributed by atoms with Crippen LogP contribution in [-0.2, 0) is 9.59 Å². The number of halogens is 1. The minimum Gasteiger partial charge on any atom is -0.359 e. The third kappa shape index (κ3) is 2.56. The monoisotopic (exact) mass is 290 g/mol. The van der Waals surface area contributed by atoms with E-state index >= 15 is 0 Å². The molecule has 0 aromatic heterocycles. The molecular formula is C11H19BrN2O2. The second-order valence-corrected chi connectivity index (χ2v) is 5.63. The Morgan fingerprint density at radius 2 is 2.19 bits per heavy atom. The molecule has 0 spiro atoms. The smallest absolute Gasteiger partial charge is 0.236 e. The molecule has 1 saturated heterocycles. The molecule has 1 N–H and O–H groups in total. The van der Waals surface area contributed by atoms with Crippen LogP contribution in [0.2, 0.25) is 0 Å². The molecule has 1 rings (SSSR count). The summed E-state index contributed by atoms with van der Waals surface area (Å²) in [6.45, 7) is 5.07. The second kappa shape index (κ2) is 5.17. The maximum absolute atomic E-state index is 11.9. The Kier molecular flexibility index (Phi) is 4.35. The molecule has 16 heavy (non-hydrogen) atoms. The molecule has 2 unspecified atom stereocenters.